The summed E-state index contributed by atoms with van der Waals surface area (Å²) in [7, 11) is 0. The molecule has 0 saturated carbocycles. The Morgan fingerprint density at radius 3 is 1.82 bits per heavy atom. The number of hydrogen-bond donors (Lipinski definition) is 0. The summed E-state index contributed by atoms with van der Waals surface area (Å²) in [6, 6.07) is 5.50. The predicted octanol–water partition coefficient (Wildman–Crippen LogP) is 6.35. The van der Waals surface area contributed by atoms with Gasteiger partial charge >= 0.3 is 11.9 Å². The van der Waals surface area contributed by atoms with Crippen molar-refractivity contribution in [2.24, 2.45) is 17.8 Å². The van der Waals surface area contributed by atoms with Crippen LogP contribution in [0.4, 0.5) is 0 Å². The van der Waals surface area contributed by atoms with Gasteiger partial charge in [0.05, 0.1) is 0 Å². The van der Waals surface area contributed by atoms with Crippen LogP contribution in [0.2, 0.25) is 0 Å². The van der Waals surface area contributed by atoms with Crippen molar-refractivity contribution >= 4 is 11.9 Å². The van der Waals surface area contributed by atoms with Crippen LogP contribution in [0.15, 0.2) is 18.2 Å². The number of hydrogen-bond acceptors (Lipinski definition) is 4. The van der Waals surface area contributed by atoms with Crippen molar-refractivity contribution < 1.29 is 19.1 Å². The summed E-state index contributed by atoms with van der Waals surface area (Å²) < 4.78 is 11.3. The van der Waals surface area contributed by atoms with E-state index >= 15 is 0 Å². The molecular weight excluding hydrogens is 352 g/mol. The van der Waals surface area contributed by atoms with Gasteiger partial charge in [-0.05, 0) is 48.6 Å². The molecule has 0 amide bonds. The van der Waals surface area contributed by atoms with Crippen molar-refractivity contribution in [1.82, 2.24) is 0 Å². The molecule has 158 valence electrons. The molecule has 1 aromatic carbocycles. The topological polar surface area (TPSA) is 52.6 Å². The van der Waals surface area contributed by atoms with Crippen LogP contribution in [0.5, 0.6) is 11.5 Å². The average Bonchev–Trinajstić information content (AvgIpc) is 2.56. The summed E-state index contributed by atoms with van der Waals surface area (Å²) in [5.74, 6) is 1.73. The summed E-state index contributed by atoms with van der Waals surface area (Å²) in [4.78, 5) is 24.6. The normalized spacial score (nSPS) is 11.3. The lowest BCUT2D eigenvalue weighted by atomic mass is 10.0. The van der Waals surface area contributed by atoms with Crippen molar-refractivity contribution in [3.63, 3.8) is 0 Å². The van der Waals surface area contributed by atoms with E-state index in [1.807, 2.05) is 12.1 Å². The van der Waals surface area contributed by atoms with E-state index in [1.165, 1.54) is 0 Å². The van der Waals surface area contributed by atoms with Gasteiger partial charge in [0.25, 0.3) is 0 Å². The number of rotatable bonds is 12. The molecule has 0 bridgehead atoms. The molecule has 1 rings (SSSR count). The zero-order chi connectivity index (χ0) is 21.1. The van der Waals surface area contributed by atoms with Gasteiger partial charge in [-0.25, -0.2) is 0 Å². The van der Waals surface area contributed by atoms with Gasteiger partial charge in [-0.15, -0.1) is 0 Å². The van der Waals surface area contributed by atoms with Crippen molar-refractivity contribution in [3.05, 3.63) is 23.8 Å². The maximum atomic E-state index is 12.4. The molecule has 0 atom stereocenters. The van der Waals surface area contributed by atoms with Crippen LogP contribution < -0.4 is 9.47 Å². The van der Waals surface area contributed by atoms with Gasteiger partial charge in [-0.3, -0.25) is 9.59 Å². The summed E-state index contributed by atoms with van der Waals surface area (Å²) in [5.41, 5.74) is 0.902. The zero-order valence-corrected chi connectivity index (χ0v) is 18.5. The molecule has 0 heterocycles. The highest BCUT2D eigenvalue weighted by atomic mass is 16.6. The van der Waals surface area contributed by atoms with Crippen molar-refractivity contribution in [2.45, 2.75) is 86.5 Å². The van der Waals surface area contributed by atoms with E-state index in [9.17, 15) is 9.59 Å². The minimum Gasteiger partial charge on any atom is -0.423 e. The van der Waals surface area contributed by atoms with Crippen LogP contribution in [0.1, 0.15) is 85.6 Å². The lowest BCUT2D eigenvalue weighted by Crippen LogP contribution is -2.14. The van der Waals surface area contributed by atoms with Gasteiger partial charge in [-0.1, -0.05) is 66.5 Å². The molecule has 0 unspecified atom stereocenters. The number of carbonyl (C=O) groups is 2. The molecule has 4 heteroatoms. The number of carbonyl (C=O) groups excluding carboxylic acids is 2. The van der Waals surface area contributed by atoms with E-state index in [-0.39, 0.29) is 11.9 Å². The van der Waals surface area contributed by atoms with E-state index in [0.717, 1.165) is 37.7 Å². The average molecular weight is 391 g/mol. The molecule has 0 spiro atoms. The lowest BCUT2D eigenvalue weighted by molar-refractivity contribution is -0.137. The molecule has 28 heavy (non-hydrogen) atoms. The Bertz CT molecular complexity index is 617. The van der Waals surface area contributed by atoms with Crippen molar-refractivity contribution in [1.29, 1.82) is 0 Å². The van der Waals surface area contributed by atoms with Gasteiger partial charge in [0.1, 0.15) is 0 Å². The molecule has 0 saturated heterocycles. The SMILES string of the molecule is CC(C)CCCC(=O)Oc1cccc(CC(C)C)c1OC(=O)CCCC(C)C. The Morgan fingerprint density at radius 2 is 1.32 bits per heavy atom. The summed E-state index contributed by atoms with van der Waals surface area (Å²) in [5, 5.41) is 0. The maximum Gasteiger partial charge on any atom is 0.311 e. The minimum atomic E-state index is -0.278. The van der Waals surface area contributed by atoms with E-state index in [1.54, 1.807) is 6.07 Å². The first kappa shape index (κ1) is 24.2. The largest absolute Gasteiger partial charge is 0.423 e. The summed E-state index contributed by atoms with van der Waals surface area (Å²) in [6.45, 7) is 12.8. The predicted molar refractivity (Wildman–Crippen MR) is 114 cm³/mol. The Morgan fingerprint density at radius 1 is 0.786 bits per heavy atom. The fourth-order valence-corrected chi connectivity index (χ4v) is 3.01. The van der Waals surface area contributed by atoms with E-state index < -0.39 is 0 Å². The third-order valence-corrected chi connectivity index (χ3v) is 4.45. The molecule has 0 radical (unpaired) electrons. The van der Waals surface area contributed by atoms with E-state index in [0.29, 0.717) is 42.1 Å². The highest BCUT2D eigenvalue weighted by molar-refractivity contribution is 5.76. The second-order valence-electron chi connectivity index (χ2n) is 8.86. The highest BCUT2D eigenvalue weighted by Gasteiger charge is 2.18. The van der Waals surface area contributed by atoms with Crippen LogP contribution in [-0.4, -0.2) is 11.9 Å². The third kappa shape index (κ3) is 9.91. The molecule has 0 aromatic heterocycles. The quantitative estimate of drug-likeness (QED) is 0.308. The highest BCUT2D eigenvalue weighted by Crippen LogP contribution is 2.34. The molecule has 1 aromatic rings. The van der Waals surface area contributed by atoms with Crippen LogP contribution in [0.25, 0.3) is 0 Å². The number of benzene rings is 1. The molecule has 0 aliphatic rings. The first-order valence-corrected chi connectivity index (χ1v) is 10.7. The monoisotopic (exact) mass is 390 g/mol. The zero-order valence-electron chi connectivity index (χ0n) is 18.5. The molecule has 4 nitrogen and oxygen atoms in total. The third-order valence-electron chi connectivity index (χ3n) is 4.45. The van der Waals surface area contributed by atoms with Gasteiger partial charge in [-0.2, -0.15) is 0 Å². The molecule has 0 aliphatic carbocycles. The van der Waals surface area contributed by atoms with Gasteiger partial charge in [0.15, 0.2) is 11.5 Å². The van der Waals surface area contributed by atoms with Crippen LogP contribution in [0.3, 0.4) is 0 Å². The van der Waals surface area contributed by atoms with Crippen molar-refractivity contribution in [2.75, 3.05) is 0 Å². The number of esters is 2. The first-order chi connectivity index (χ1) is 13.2. The van der Waals surface area contributed by atoms with Gasteiger partial charge in [0.2, 0.25) is 0 Å². The van der Waals surface area contributed by atoms with E-state index in [4.69, 9.17) is 9.47 Å². The first-order valence-electron chi connectivity index (χ1n) is 10.7. The Labute approximate surface area is 171 Å². The number of para-hydroxylation sites is 1. The molecule has 0 aliphatic heterocycles. The fraction of sp³-hybridized carbons (Fsp3) is 0.667. The second-order valence-corrected chi connectivity index (χ2v) is 8.86. The maximum absolute atomic E-state index is 12.4. The lowest BCUT2D eigenvalue weighted by Gasteiger charge is -2.16. The number of ether oxygens (including phenoxy) is 2. The Balaban J connectivity index is 2.87. The van der Waals surface area contributed by atoms with Gasteiger partial charge in [0, 0.05) is 12.8 Å². The Hall–Kier alpha value is -1.84. The smallest absolute Gasteiger partial charge is 0.311 e. The van der Waals surface area contributed by atoms with Crippen molar-refractivity contribution in [3.8, 4) is 11.5 Å². The molecular formula is C24H38O4. The standard InChI is InChI=1S/C24H38O4/c1-17(2)10-7-14-22(25)27-21-13-9-12-20(16-19(5)6)24(21)28-23(26)15-8-11-18(3)4/h9,12-13,17-19H,7-8,10-11,14-16H2,1-6H3. The molecule has 0 fully saturated rings. The molecule has 0 N–H and O–H groups in total. The van der Waals surface area contributed by atoms with Crippen LogP contribution in [0, 0.1) is 17.8 Å². The fourth-order valence-electron chi connectivity index (χ4n) is 3.01. The van der Waals surface area contributed by atoms with Crippen LogP contribution in [-0.2, 0) is 16.0 Å². The Kier molecular flexibility index (Phi) is 10.9. The summed E-state index contributed by atoms with van der Waals surface area (Å²) in [6.07, 6.45) is 5.07. The summed E-state index contributed by atoms with van der Waals surface area (Å²) >= 11 is 0. The minimum absolute atomic E-state index is 0.269. The van der Waals surface area contributed by atoms with Gasteiger partial charge < -0.3 is 9.47 Å². The van der Waals surface area contributed by atoms with Crippen LogP contribution >= 0.6 is 0 Å². The van der Waals surface area contributed by atoms with E-state index in [2.05, 4.69) is 41.5 Å². The second kappa shape index (κ2) is 12.6.